The van der Waals surface area contributed by atoms with E-state index >= 15 is 0 Å². The lowest BCUT2D eigenvalue weighted by atomic mass is 10.1. The van der Waals surface area contributed by atoms with E-state index in [2.05, 4.69) is 20.6 Å². The normalized spacial score (nSPS) is 16.3. The highest BCUT2D eigenvalue weighted by Crippen LogP contribution is 2.24. The fraction of sp³-hybridized carbons (Fsp3) is 0.692. The quantitative estimate of drug-likeness (QED) is 0.788. The molecule has 0 aromatic carbocycles. The number of aromatic nitrogens is 2. The van der Waals surface area contributed by atoms with Crippen molar-refractivity contribution in [3.8, 4) is 0 Å². The Balaban J connectivity index is 1.82. The minimum atomic E-state index is 0.839. The predicted octanol–water partition coefficient (Wildman–Crippen LogP) is 1.84. The van der Waals surface area contributed by atoms with Crippen LogP contribution >= 0.6 is 0 Å². The van der Waals surface area contributed by atoms with Crippen LogP contribution in [0.1, 0.15) is 31.5 Å². The van der Waals surface area contributed by atoms with E-state index in [9.17, 15) is 0 Å². The summed E-state index contributed by atoms with van der Waals surface area (Å²) in [5.74, 6) is 2.72. The molecule has 0 atom stereocenters. The Kier molecular flexibility index (Phi) is 4.74. The first kappa shape index (κ1) is 12.3. The minimum Gasteiger partial charge on any atom is -0.370 e. The molecule has 1 aliphatic carbocycles. The predicted molar refractivity (Wildman–Crippen MR) is 70.1 cm³/mol. The van der Waals surface area contributed by atoms with Crippen LogP contribution in [0.15, 0.2) is 12.3 Å². The molecule has 2 N–H and O–H groups in total. The van der Waals surface area contributed by atoms with Crippen LogP contribution in [0.2, 0.25) is 0 Å². The summed E-state index contributed by atoms with van der Waals surface area (Å²) in [4.78, 5) is 8.77. The molecule has 1 fully saturated rings. The van der Waals surface area contributed by atoms with Gasteiger partial charge in [0.15, 0.2) is 0 Å². The van der Waals surface area contributed by atoms with Crippen LogP contribution in [-0.2, 0) is 6.42 Å². The lowest BCUT2D eigenvalue weighted by molar-refractivity contribution is 0.578. The first-order chi connectivity index (χ1) is 8.38. The maximum absolute atomic E-state index is 4.51. The summed E-state index contributed by atoms with van der Waals surface area (Å²) in [7, 11) is 1.95. The van der Waals surface area contributed by atoms with Gasteiger partial charge in [0.2, 0.25) is 0 Å². The maximum Gasteiger partial charge on any atom is 0.131 e. The molecular weight excluding hydrogens is 212 g/mol. The van der Waals surface area contributed by atoms with Gasteiger partial charge in [-0.25, -0.2) is 9.97 Å². The molecule has 2 rings (SSSR count). The molecule has 17 heavy (non-hydrogen) atoms. The zero-order chi connectivity index (χ0) is 11.9. The third-order valence-electron chi connectivity index (χ3n) is 3.35. The van der Waals surface area contributed by atoms with Crippen molar-refractivity contribution in [2.45, 2.75) is 32.1 Å². The van der Waals surface area contributed by atoms with Crippen molar-refractivity contribution in [1.82, 2.24) is 15.3 Å². The van der Waals surface area contributed by atoms with Gasteiger partial charge in [0, 0.05) is 25.7 Å². The van der Waals surface area contributed by atoms with Gasteiger partial charge in [0.25, 0.3) is 0 Å². The third-order valence-corrected chi connectivity index (χ3v) is 3.35. The highest BCUT2D eigenvalue weighted by molar-refractivity contribution is 5.32. The molecule has 0 bridgehead atoms. The maximum atomic E-state index is 4.51. The van der Waals surface area contributed by atoms with E-state index in [-0.39, 0.29) is 0 Å². The van der Waals surface area contributed by atoms with Gasteiger partial charge >= 0.3 is 0 Å². The zero-order valence-corrected chi connectivity index (χ0v) is 10.6. The summed E-state index contributed by atoms with van der Waals surface area (Å²) < 4.78 is 0. The number of rotatable bonds is 6. The van der Waals surface area contributed by atoms with Gasteiger partial charge < -0.3 is 10.6 Å². The van der Waals surface area contributed by atoms with Crippen molar-refractivity contribution in [3.05, 3.63) is 18.1 Å². The van der Waals surface area contributed by atoms with Gasteiger partial charge in [-0.3, -0.25) is 0 Å². The molecule has 1 saturated carbocycles. The second kappa shape index (κ2) is 6.55. The molecule has 1 aliphatic rings. The van der Waals surface area contributed by atoms with Crippen LogP contribution in [-0.4, -0.2) is 30.1 Å². The molecule has 1 heterocycles. The summed E-state index contributed by atoms with van der Waals surface area (Å²) >= 11 is 0. The van der Waals surface area contributed by atoms with Crippen LogP contribution in [0.25, 0.3) is 0 Å². The summed E-state index contributed by atoms with van der Waals surface area (Å²) in [5.41, 5.74) is 0. The van der Waals surface area contributed by atoms with Crippen molar-refractivity contribution in [2.75, 3.05) is 25.5 Å². The monoisotopic (exact) mass is 234 g/mol. The van der Waals surface area contributed by atoms with Gasteiger partial charge in [0.1, 0.15) is 11.6 Å². The summed E-state index contributed by atoms with van der Waals surface area (Å²) in [6, 6.07) is 1.96. The fourth-order valence-corrected chi connectivity index (χ4v) is 2.32. The van der Waals surface area contributed by atoms with Crippen molar-refractivity contribution < 1.29 is 0 Å². The number of likely N-dealkylation sites (N-methyl/N-ethyl adjacent to an activating group) is 1. The molecule has 0 unspecified atom stereocenters. The summed E-state index contributed by atoms with van der Waals surface area (Å²) in [5, 5.41) is 6.54. The Labute approximate surface area is 103 Å². The second-order valence-electron chi connectivity index (χ2n) is 4.74. The molecule has 1 aromatic rings. The van der Waals surface area contributed by atoms with Gasteiger partial charge in [-0.05, 0) is 31.9 Å². The SMILES string of the molecule is CNCCc1nccc(NCC2CCCC2)n1. The van der Waals surface area contributed by atoms with Gasteiger partial charge in [-0.2, -0.15) is 0 Å². The van der Waals surface area contributed by atoms with E-state index in [1.807, 2.05) is 19.3 Å². The average Bonchev–Trinajstić information content (AvgIpc) is 2.87. The molecule has 4 nitrogen and oxygen atoms in total. The van der Waals surface area contributed by atoms with E-state index < -0.39 is 0 Å². The Morgan fingerprint density at radius 3 is 2.94 bits per heavy atom. The Morgan fingerprint density at radius 1 is 1.35 bits per heavy atom. The largest absolute Gasteiger partial charge is 0.370 e. The number of hydrogen-bond acceptors (Lipinski definition) is 4. The smallest absolute Gasteiger partial charge is 0.131 e. The highest BCUT2D eigenvalue weighted by Gasteiger charge is 2.14. The third kappa shape index (κ3) is 3.97. The van der Waals surface area contributed by atoms with E-state index in [0.717, 1.165) is 37.1 Å². The summed E-state index contributed by atoms with van der Waals surface area (Å²) in [6.45, 7) is 1.98. The van der Waals surface area contributed by atoms with Gasteiger partial charge in [-0.1, -0.05) is 12.8 Å². The van der Waals surface area contributed by atoms with Crippen LogP contribution in [0, 0.1) is 5.92 Å². The molecule has 0 amide bonds. The van der Waals surface area contributed by atoms with E-state index in [1.165, 1.54) is 25.7 Å². The summed E-state index contributed by atoms with van der Waals surface area (Å²) in [6.07, 6.45) is 8.24. The van der Waals surface area contributed by atoms with Crippen LogP contribution in [0.3, 0.4) is 0 Å². The lowest BCUT2D eigenvalue weighted by Crippen LogP contribution is -2.15. The van der Waals surface area contributed by atoms with E-state index in [4.69, 9.17) is 0 Å². The average molecular weight is 234 g/mol. The van der Waals surface area contributed by atoms with Crippen LogP contribution < -0.4 is 10.6 Å². The Morgan fingerprint density at radius 2 is 2.18 bits per heavy atom. The second-order valence-corrected chi connectivity index (χ2v) is 4.74. The van der Waals surface area contributed by atoms with Crippen LogP contribution in [0.5, 0.6) is 0 Å². The molecule has 0 radical (unpaired) electrons. The molecule has 4 heteroatoms. The highest BCUT2D eigenvalue weighted by atomic mass is 15.0. The van der Waals surface area contributed by atoms with E-state index in [1.54, 1.807) is 0 Å². The zero-order valence-electron chi connectivity index (χ0n) is 10.6. The van der Waals surface area contributed by atoms with Gasteiger partial charge in [0.05, 0.1) is 0 Å². The van der Waals surface area contributed by atoms with Crippen molar-refractivity contribution in [2.24, 2.45) is 5.92 Å². The number of nitrogens with one attached hydrogen (secondary N) is 2. The first-order valence-electron chi connectivity index (χ1n) is 6.59. The topological polar surface area (TPSA) is 49.8 Å². The molecule has 0 saturated heterocycles. The standard InChI is InChI=1S/C13H22N4/c1-14-8-6-12-15-9-7-13(17-12)16-10-11-4-2-3-5-11/h7,9,11,14H,2-6,8,10H2,1H3,(H,15,16,17). The molecular formula is C13H22N4. The Hall–Kier alpha value is -1.16. The molecule has 94 valence electrons. The van der Waals surface area contributed by atoms with E-state index in [0.29, 0.717) is 0 Å². The number of anilines is 1. The minimum absolute atomic E-state index is 0.839. The molecule has 1 aromatic heterocycles. The fourth-order valence-electron chi connectivity index (χ4n) is 2.32. The van der Waals surface area contributed by atoms with Crippen molar-refractivity contribution in [3.63, 3.8) is 0 Å². The van der Waals surface area contributed by atoms with Gasteiger partial charge in [-0.15, -0.1) is 0 Å². The van der Waals surface area contributed by atoms with Crippen LogP contribution in [0.4, 0.5) is 5.82 Å². The Bertz CT molecular complexity index is 334. The number of hydrogen-bond donors (Lipinski definition) is 2. The first-order valence-corrected chi connectivity index (χ1v) is 6.59. The lowest BCUT2D eigenvalue weighted by Gasteiger charge is -2.11. The number of nitrogens with zero attached hydrogens (tertiary/aromatic N) is 2. The van der Waals surface area contributed by atoms with Crippen molar-refractivity contribution in [1.29, 1.82) is 0 Å². The molecule has 0 aliphatic heterocycles. The van der Waals surface area contributed by atoms with Crippen molar-refractivity contribution >= 4 is 5.82 Å². The molecule has 0 spiro atoms.